The Morgan fingerprint density at radius 2 is 1.82 bits per heavy atom. The van der Waals surface area contributed by atoms with Crippen molar-refractivity contribution in [3.8, 4) is 0 Å². The van der Waals surface area contributed by atoms with Crippen molar-refractivity contribution in [2.24, 2.45) is 28.4 Å². The lowest BCUT2D eigenvalue weighted by atomic mass is 9.47. The molecule has 0 bridgehead atoms. The first-order chi connectivity index (χ1) is 15.5. The number of ether oxygens (including phenoxy) is 1. The SMILES string of the molecule is CC1=CC[C@H]2C(C)(C)C3C(=O)C=CC(=O)C3=C[C@]2(C)C1OC(=O)[C@H](O)[C@@H](N)c1ccccc1. The van der Waals surface area contributed by atoms with Gasteiger partial charge in [-0.1, -0.05) is 63.3 Å². The largest absolute Gasteiger partial charge is 0.455 e. The quantitative estimate of drug-likeness (QED) is 0.540. The molecule has 2 unspecified atom stereocenters. The van der Waals surface area contributed by atoms with Crippen molar-refractivity contribution in [3.63, 3.8) is 0 Å². The Hall–Kier alpha value is -2.83. The maximum absolute atomic E-state index is 13.0. The third kappa shape index (κ3) is 3.71. The Balaban J connectivity index is 1.69. The number of ketones is 2. The molecule has 1 aromatic carbocycles. The van der Waals surface area contributed by atoms with E-state index in [1.807, 2.05) is 45.9 Å². The van der Waals surface area contributed by atoms with Gasteiger partial charge in [-0.3, -0.25) is 9.59 Å². The molecule has 0 amide bonds. The number of fused-ring (bicyclic) bond motifs is 2. The second-order valence-electron chi connectivity index (χ2n) is 10.3. The number of nitrogens with two attached hydrogens (primary N) is 1. The van der Waals surface area contributed by atoms with Crippen molar-refractivity contribution >= 4 is 17.5 Å². The molecule has 0 radical (unpaired) electrons. The van der Waals surface area contributed by atoms with Gasteiger partial charge >= 0.3 is 5.97 Å². The molecule has 174 valence electrons. The minimum atomic E-state index is -1.54. The van der Waals surface area contributed by atoms with E-state index in [-0.39, 0.29) is 17.5 Å². The van der Waals surface area contributed by atoms with Crippen LogP contribution >= 0.6 is 0 Å². The van der Waals surface area contributed by atoms with Crippen LogP contribution in [0, 0.1) is 22.7 Å². The number of allylic oxidation sites excluding steroid dienone is 4. The Bertz CT molecular complexity index is 1080. The molecule has 1 aromatic rings. The van der Waals surface area contributed by atoms with Crippen LogP contribution in [0.2, 0.25) is 0 Å². The zero-order valence-electron chi connectivity index (χ0n) is 19.4. The van der Waals surface area contributed by atoms with Crippen molar-refractivity contribution < 1.29 is 24.2 Å². The summed E-state index contributed by atoms with van der Waals surface area (Å²) in [6, 6.07) is 7.97. The number of hydrogen-bond donors (Lipinski definition) is 2. The third-order valence-electron chi connectivity index (χ3n) is 7.79. The predicted molar refractivity (Wildman–Crippen MR) is 124 cm³/mol. The van der Waals surface area contributed by atoms with Crippen LogP contribution in [-0.2, 0) is 19.1 Å². The maximum atomic E-state index is 13.0. The molecule has 6 heteroatoms. The third-order valence-corrected chi connectivity index (χ3v) is 7.79. The second-order valence-corrected chi connectivity index (χ2v) is 10.3. The van der Waals surface area contributed by atoms with Crippen LogP contribution in [-0.4, -0.2) is 34.9 Å². The number of hydrogen-bond acceptors (Lipinski definition) is 6. The van der Waals surface area contributed by atoms with E-state index in [1.54, 1.807) is 24.3 Å². The zero-order valence-corrected chi connectivity index (χ0v) is 19.4. The first-order valence-corrected chi connectivity index (χ1v) is 11.3. The molecule has 6 atom stereocenters. The number of rotatable bonds is 4. The molecule has 0 aromatic heterocycles. The second kappa shape index (κ2) is 8.19. The van der Waals surface area contributed by atoms with Crippen molar-refractivity contribution in [2.75, 3.05) is 0 Å². The first-order valence-electron chi connectivity index (χ1n) is 11.3. The molecule has 0 heterocycles. The summed E-state index contributed by atoms with van der Waals surface area (Å²) in [5.41, 5.74) is 6.83. The molecule has 3 aliphatic rings. The van der Waals surface area contributed by atoms with Gasteiger partial charge in [0.1, 0.15) is 6.10 Å². The van der Waals surface area contributed by atoms with E-state index in [1.165, 1.54) is 12.2 Å². The lowest BCUT2D eigenvalue weighted by Gasteiger charge is -2.56. The smallest absolute Gasteiger partial charge is 0.337 e. The highest BCUT2D eigenvalue weighted by Gasteiger charge is 2.59. The van der Waals surface area contributed by atoms with Gasteiger partial charge in [-0.15, -0.1) is 0 Å². The average Bonchev–Trinajstić information content (AvgIpc) is 2.77. The van der Waals surface area contributed by atoms with Crippen LogP contribution in [0.1, 0.15) is 45.7 Å². The first kappa shape index (κ1) is 23.3. The minimum absolute atomic E-state index is 0.0524. The Morgan fingerprint density at radius 3 is 2.48 bits per heavy atom. The summed E-state index contributed by atoms with van der Waals surface area (Å²) in [5, 5.41) is 10.7. The lowest BCUT2D eigenvalue weighted by molar-refractivity contribution is -0.168. The monoisotopic (exact) mass is 449 g/mol. The molecule has 3 aliphatic carbocycles. The van der Waals surface area contributed by atoms with E-state index in [0.29, 0.717) is 17.6 Å². The number of aliphatic hydroxyl groups is 1. The Morgan fingerprint density at radius 1 is 1.15 bits per heavy atom. The van der Waals surface area contributed by atoms with Gasteiger partial charge in [-0.25, -0.2) is 4.79 Å². The molecular weight excluding hydrogens is 418 g/mol. The fourth-order valence-corrected chi connectivity index (χ4v) is 6.13. The number of carbonyl (C=O) groups excluding carboxylic acids is 3. The molecule has 0 spiro atoms. The van der Waals surface area contributed by atoms with Gasteiger partial charge < -0.3 is 15.6 Å². The molecule has 0 saturated heterocycles. The Labute approximate surface area is 194 Å². The van der Waals surface area contributed by atoms with E-state index in [4.69, 9.17) is 10.5 Å². The van der Waals surface area contributed by atoms with Gasteiger partial charge in [0.05, 0.1) is 12.0 Å². The van der Waals surface area contributed by atoms with E-state index >= 15 is 0 Å². The zero-order chi connectivity index (χ0) is 24.1. The average molecular weight is 450 g/mol. The molecule has 4 rings (SSSR count). The lowest BCUT2D eigenvalue weighted by Crippen LogP contribution is -2.57. The van der Waals surface area contributed by atoms with Crippen LogP contribution in [0.4, 0.5) is 0 Å². The molecular formula is C27H31NO5. The van der Waals surface area contributed by atoms with Gasteiger partial charge in [0.15, 0.2) is 17.7 Å². The number of aliphatic hydroxyl groups excluding tert-OH is 1. The highest BCUT2D eigenvalue weighted by atomic mass is 16.6. The summed E-state index contributed by atoms with van der Waals surface area (Å²) in [6.45, 7) is 7.86. The topological polar surface area (TPSA) is 107 Å². The Kier molecular flexibility index (Phi) is 5.79. The summed E-state index contributed by atoms with van der Waals surface area (Å²) >= 11 is 0. The number of esters is 1. The van der Waals surface area contributed by atoms with Crippen LogP contribution in [0.25, 0.3) is 0 Å². The van der Waals surface area contributed by atoms with Crippen LogP contribution in [0.3, 0.4) is 0 Å². The summed E-state index contributed by atoms with van der Waals surface area (Å²) < 4.78 is 5.92. The normalized spacial score (nSPS) is 32.1. The maximum Gasteiger partial charge on any atom is 0.337 e. The van der Waals surface area contributed by atoms with Crippen LogP contribution in [0.15, 0.2) is 65.8 Å². The fraction of sp³-hybridized carbons (Fsp3) is 0.444. The number of carbonyl (C=O) groups is 3. The van der Waals surface area contributed by atoms with Crippen molar-refractivity contribution in [3.05, 3.63) is 71.3 Å². The van der Waals surface area contributed by atoms with Gasteiger partial charge in [0, 0.05) is 11.0 Å². The van der Waals surface area contributed by atoms with E-state index < -0.39 is 41.0 Å². The molecule has 0 saturated carbocycles. The summed E-state index contributed by atoms with van der Waals surface area (Å²) in [6.07, 6.45) is 5.03. The summed E-state index contributed by atoms with van der Waals surface area (Å²) in [4.78, 5) is 38.5. The van der Waals surface area contributed by atoms with E-state index in [2.05, 4.69) is 0 Å². The van der Waals surface area contributed by atoms with Crippen LogP contribution < -0.4 is 5.73 Å². The van der Waals surface area contributed by atoms with E-state index in [9.17, 15) is 19.5 Å². The molecule has 33 heavy (non-hydrogen) atoms. The van der Waals surface area contributed by atoms with E-state index in [0.717, 1.165) is 5.57 Å². The molecule has 0 fully saturated rings. The molecule has 0 aliphatic heterocycles. The van der Waals surface area contributed by atoms with Gasteiger partial charge in [-0.2, -0.15) is 0 Å². The van der Waals surface area contributed by atoms with Gasteiger partial charge in [0.2, 0.25) is 0 Å². The minimum Gasteiger partial charge on any atom is -0.455 e. The van der Waals surface area contributed by atoms with Gasteiger partial charge in [-0.05, 0) is 48.0 Å². The predicted octanol–water partition coefficient (Wildman–Crippen LogP) is 3.22. The molecule has 3 N–H and O–H groups in total. The van der Waals surface area contributed by atoms with Crippen molar-refractivity contribution in [1.82, 2.24) is 0 Å². The molecule has 6 nitrogen and oxygen atoms in total. The van der Waals surface area contributed by atoms with Gasteiger partial charge in [0.25, 0.3) is 0 Å². The van der Waals surface area contributed by atoms with Crippen molar-refractivity contribution in [2.45, 2.75) is 52.4 Å². The highest BCUT2D eigenvalue weighted by molar-refractivity contribution is 6.16. The summed E-state index contributed by atoms with van der Waals surface area (Å²) in [5.74, 6) is -1.64. The standard InChI is InChI=1S/C27H31NO5/c1-15-10-13-20-26(2,3)21-17(18(29)11-12-19(21)30)14-27(20,4)24(15)33-25(32)23(31)22(28)16-8-6-5-7-9-16/h5-12,14,20-24,31H,13,28H2,1-4H3/t20-,21?,22-,23+,24?,27-/m0/s1. The highest BCUT2D eigenvalue weighted by Crippen LogP contribution is 2.60. The van der Waals surface area contributed by atoms with Crippen LogP contribution in [0.5, 0.6) is 0 Å². The fourth-order valence-electron chi connectivity index (χ4n) is 6.13. The summed E-state index contributed by atoms with van der Waals surface area (Å²) in [7, 11) is 0. The van der Waals surface area contributed by atoms with Crippen molar-refractivity contribution in [1.29, 1.82) is 0 Å². The number of benzene rings is 1.